The number of nitrogens with zero attached hydrogens (tertiary/aromatic N) is 3. The summed E-state index contributed by atoms with van der Waals surface area (Å²) in [5.74, 6) is 1.87. The Morgan fingerprint density at radius 2 is 1.94 bits per heavy atom. The van der Waals surface area contributed by atoms with E-state index < -0.39 is 0 Å². The second kappa shape index (κ2) is 5.63. The quantitative estimate of drug-likeness (QED) is 0.857. The van der Waals surface area contributed by atoms with E-state index in [1.165, 1.54) is 0 Å². The van der Waals surface area contributed by atoms with Gasteiger partial charge in [-0.2, -0.15) is 5.10 Å². The predicted octanol–water partition coefficient (Wildman–Crippen LogP) is 2.62. The van der Waals surface area contributed by atoms with Crippen LogP contribution in [0.2, 0.25) is 0 Å². The molecular formula is C13H26N4. The molecule has 1 aromatic rings. The Morgan fingerprint density at radius 3 is 2.35 bits per heavy atom. The Balaban J connectivity index is 2.75. The minimum Gasteiger partial charge on any atom is -0.310 e. The summed E-state index contributed by atoms with van der Waals surface area (Å²) in [5, 5.41) is 8.05. The molecule has 0 aliphatic rings. The van der Waals surface area contributed by atoms with Crippen molar-refractivity contribution in [2.45, 2.75) is 66.0 Å². The normalized spacial score (nSPS) is 14.0. The Labute approximate surface area is 105 Å². The average Bonchev–Trinajstić information content (AvgIpc) is 2.51. The Kier molecular flexibility index (Phi) is 4.69. The van der Waals surface area contributed by atoms with Crippen molar-refractivity contribution < 1.29 is 0 Å². The third kappa shape index (κ3) is 4.46. The van der Waals surface area contributed by atoms with Crippen LogP contribution in [0.5, 0.6) is 0 Å². The summed E-state index contributed by atoms with van der Waals surface area (Å²) in [7, 11) is 0. The first-order chi connectivity index (χ1) is 7.83. The van der Waals surface area contributed by atoms with Crippen LogP contribution in [0.15, 0.2) is 0 Å². The van der Waals surface area contributed by atoms with E-state index in [1.54, 1.807) is 0 Å². The zero-order valence-electron chi connectivity index (χ0n) is 12.0. The molecule has 1 heterocycles. The first-order valence-electron chi connectivity index (χ1n) is 6.48. The maximum absolute atomic E-state index is 4.50. The molecular weight excluding hydrogens is 212 g/mol. The highest BCUT2D eigenvalue weighted by Gasteiger charge is 2.17. The van der Waals surface area contributed by atoms with Crippen molar-refractivity contribution in [1.82, 2.24) is 20.1 Å². The molecule has 0 saturated heterocycles. The van der Waals surface area contributed by atoms with Gasteiger partial charge in [-0.1, -0.05) is 13.3 Å². The van der Waals surface area contributed by atoms with Gasteiger partial charge in [0.15, 0.2) is 0 Å². The van der Waals surface area contributed by atoms with Crippen LogP contribution in [0.3, 0.4) is 0 Å². The van der Waals surface area contributed by atoms with Crippen LogP contribution in [0.1, 0.15) is 58.2 Å². The molecule has 1 aromatic heterocycles. The lowest BCUT2D eigenvalue weighted by Crippen LogP contribution is -2.40. The van der Waals surface area contributed by atoms with Crippen LogP contribution >= 0.6 is 0 Å². The summed E-state index contributed by atoms with van der Waals surface area (Å²) in [4.78, 5) is 4.38. The second-order valence-corrected chi connectivity index (χ2v) is 5.72. The third-order valence-electron chi connectivity index (χ3n) is 2.74. The van der Waals surface area contributed by atoms with Crippen molar-refractivity contribution in [3.05, 3.63) is 11.6 Å². The smallest absolute Gasteiger partial charge is 0.147 e. The van der Waals surface area contributed by atoms with Gasteiger partial charge in [0, 0.05) is 12.1 Å². The Bertz CT molecular complexity index is 349. The monoisotopic (exact) mass is 238 g/mol. The fraction of sp³-hybridized carbons (Fsp3) is 0.846. The lowest BCUT2D eigenvalue weighted by molar-refractivity contribution is 0.332. The fourth-order valence-electron chi connectivity index (χ4n) is 1.95. The minimum absolute atomic E-state index is 0.148. The first kappa shape index (κ1) is 14.2. The highest BCUT2D eigenvalue weighted by molar-refractivity contribution is 4.91. The molecule has 0 bridgehead atoms. The molecule has 0 spiro atoms. The molecule has 0 aliphatic heterocycles. The molecule has 0 saturated carbocycles. The van der Waals surface area contributed by atoms with Crippen LogP contribution in [0.4, 0.5) is 0 Å². The highest BCUT2D eigenvalue weighted by atomic mass is 15.4. The van der Waals surface area contributed by atoms with E-state index >= 15 is 0 Å². The van der Waals surface area contributed by atoms with Crippen molar-refractivity contribution in [1.29, 1.82) is 0 Å². The minimum atomic E-state index is 0.148. The molecule has 1 unspecified atom stereocenters. The zero-order valence-corrected chi connectivity index (χ0v) is 12.0. The summed E-state index contributed by atoms with van der Waals surface area (Å²) >= 11 is 0. The molecule has 17 heavy (non-hydrogen) atoms. The van der Waals surface area contributed by atoms with Crippen LogP contribution in [-0.2, 0) is 0 Å². The number of aryl methyl sites for hydroxylation is 2. The van der Waals surface area contributed by atoms with Crippen molar-refractivity contribution in [2.24, 2.45) is 0 Å². The Morgan fingerprint density at radius 1 is 1.29 bits per heavy atom. The van der Waals surface area contributed by atoms with Crippen molar-refractivity contribution >= 4 is 0 Å². The third-order valence-corrected chi connectivity index (χ3v) is 2.74. The van der Waals surface area contributed by atoms with Gasteiger partial charge < -0.3 is 5.32 Å². The standard InChI is InChI=1S/C13H26N4/c1-7-8-12(9-14-13(4,5)6)17-11(3)15-10(2)16-17/h12,14H,7-9H2,1-6H3. The van der Waals surface area contributed by atoms with E-state index in [-0.39, 0.29) is 5.54 Å². The van der Waals surface area contributed by atoms with E-state index in [9.17, 15) is 0 Å². The predicted molar refractivity (Wildman–Crippen MR) is 71.2 cm³/mol. The van der Waals surface area contributed by atoms with Gasteiger partial charge in [-0.05, 0) is 41.0 Å². The lowest BCUT2D eigenvalue weighted by atomic mass is 10.1. The number of aromatic nitrogens is 3. The summed E-state index contributed by atoms with van der Waals surface area (Å²) in [6, 6.07) is 0.403. The maximum Gasteiger partial charge on any atom is 0.147 e. The van der Waals surface area contributed by atoms with Gasteiger partial charge in [0.25, 0.3) is 0 Å². The van der Waals surface area contributed by atoms with E-state index in [1.807, 2.05) is 13.8 Å². The molecule has 0 aliphatic carbocycles. The van der Waals surface area contributed by atoms with Crippen LogP contribution in [0, 0.1) is 13.8 Å². The maximum atomic E-state index is 4.50. The van der Waals surface area contributed by atoms with Crippen LogP contribution in [0.25, 0.3) is 0 Å². The average molecular weight is 238 g/mol. The van der Waals surface area contributed by atoms with Crippen LogP contribution < -0.4 is 5.32 Å². The molecule has 4 nitrogen and oxygen atoms in total. The number of rotatable bonds is 5. The first-order valence-corrected chi connectivity index (χ1v) is 6.48. The van der Waals surface area contributed by atoms with E-state index in [2.05, 4.69) is 47.8 Å². The van der Waals surface area contributed by atoms with Gasteiger partial charge in [0.05, 0.1) is 6.04 Å². The molecule has 1 rings (SSSR count). The number of hydrogen-bond donors (Lipinski definition) is 1. The van der Waals surface area contributed by atoms with Crippen molar-refractivity contribution in [2.75, 3.05) is 6.54 Å². The van der Waals surface area contributed by atoms with Crippen molar-refractivity contribution in [3.63, 3.8) is 0 Å². The van der Waals surface area contributed by atoms with Crippen molar-refractivity contribution in [3.8, 4) is 0 Å². The zero-order chi connectivity index (χ0) is 13.1. The second-order valence-electron chi connectivity index (χ2n) is 5.72. The van der Waals surface area contributed by atoms with E-state index in [0.717, 1.165) is 31.0 Å². The van der Waals surface area contributed by atoms with Gasteiger partial charge >= 0.3 is 0 Å². The topological polar surface area (TPSA) is 42.7 Å². The van der Waals surface area contributed by atoms with Gasteiger partial charge in [-0.25, -0.2) is 9.67 Å². The van der Waals surface area contributed by atoms with Gasteiger partial charge in [-0.15, -0.1) is 0 Å². The SMILES string of the molecule is CCCC(CNC(C)(C)C)n1nc(C)nc1C. The molecule has 1 atom stereocenters. The number of hydrogen-bond acceptors (Lipinski definition) is 3. The van der Waals surface area contributed by atoms with Gasteiger partial charge in [0.2, 0.25) is 0 Å². The van der Waals surface area contributed by atoms with Gasteiger partial charge in [-0.3, -0.25) is 0 Å². The molecule has 1 N–H and O–H groups in total. The molecule has 98 valence electrons. The molecule has 4 heteroatoms. The number of nitrogens with one attached hydrogen (secondary N) is 1. The molecule has 0 aromatic carbocycles. The lowest BCUT2D eigenvalue weighted by Gasteiger charge is -2.25. The summed E-state index contributed by atoms with van der Waals surface area (Å²) in [5.41, 5.74) is 0.148. The Hall–Kier alpha value is -0.900. The molecule has 0 fully saturated rings. The van der Waals surface area contributed by atoms with E-state index in [4.69, 9.17) is 0 Å². The molecule has 0 amide bonds. The van der Waals surface area contributed by atoms with Gasteiger partial charge in [0.1, 0.15) is 11.6 Å². The summed E-state index contributed by atoms with van der Waals surface area (Å²) in [6.45, 7) is 13.7. The van der Waals surface area contributed by atoms with E-state index in [0.29, 0.717) is 6.04 Å². The fourth-order valence-corrected chi connectivity index (χ4v) is 1.95. The largest absolute Gasteiger partial charge is 0.310 e. The summed E-state index contributed by atoms with van der Waals surface area (Å²) < 4.78 is 2.07. The molecule has 0 radical (unpaired) electrons. The van der Waals surface area contributed by atoms with Crippen LogP contribution in [-0.4, -0.2) is 26.8 Å². The summed E-state index contributed by atoms with van der Waals surface area (Å²) in [6.07, 6.45) is 2.29. The highest BCUT2D eigenvalue weighted by Crippen LogP contribution is 2.15.